The van der Waals surface area contributed by atoms with Crippen molar-refractivity contribution >= 4 is 11.7 Å². The number of aliphatic hydroxyl groups is 1. The van der Waals surface area contributed by atoms with Crippen LogP contribution in [0, 0.1) is 0 Å². The van der Waals surface area contributed by atoms with Crippen LogP contribution in [0.5, 0.6) is 0 Å². The van der Waals surface area contributed by atoms with Crippen molar-refractivity contribution in [2.75, 3.05) is 18.5 Å². The third-order valence-electron chi connectivity index (χ3n) is 3.32. The smallest absolute Gasteiger partial charge is 0.394 e. The Morgan fingerprint density at radius 1 is 1.40 bits per heavy atom. The van der Waals surface area contributed by atoms with Gasteiger partial charge in [0.25, 0.3) is 0 Å². The first-order chi connectivity index (χ1) is 9.43. The maximum atomic E-state index is 12.8. The lowest BCUT2D eigenvalue weighted by Gasteiger charge is -2.24. The number of amides is 2. The SMILES string of the molecule is O=C(Nc1ccccc1C(F)(F)F)N1CCCC1CO. The largest absolute Gasteiger partial charge is 0.418 e. The number of urea groups is 1. The molecule has 0 saturated carbocycles. The topological polar surface area (TPSA) is 52.6 Å². The number of halogens is 3. The summed E-state index contributed by atoms with van der Waals surface area (Å²) < 4.78 is 38.4. The molecule has 1 unspecified atom stereocenters. The van der Waals surface area contributed by atoms with Gasteiger partial charge in [0.2, 0.25) is 0 Å². The third-order valence-corrected chi connectivity index (χ3v) is 3.32. The van der Waals surface area contributed by atoms with Crippen molar-refractivity contribution in [3.8, 4) is 0 Å². The first-order valence-electron chi connectivity index (χ1n) is 6.28. The first kappa shape index (κ1) is 14.6. The second-order valence-electron chi connectivity index (χ2n) is 4.65. The first-order valence-corrected chi connectivity index (χ1v) is 6.28. The number of nitrogens with zero attached hydrogens (tertiary/aromatic N) is 1. The van der Waals surface area contributed by atoms with E-state index in [0.29, 0.717) is 13.0 Å². The fourth-order valence-corrected chi connectivity index (χ4v) is 2.32. The highest BCUT2D eigenvalue weighted by Gasteiger charge is 2.35. The Hall–Kier alpha value is -1.76. The Morgan fingerprint density at radius 3 is 2.75 bits per heavy atom. The van der Waals surface area contributed by atoms with Crippen LogP contribution in [0.4, 0.5) is 23.7 Å². The van der Waals surface area contributed by atoms with Crippen LogP contribution >= 0.6 is 0 Å². The molecule has 7 heteroatoms. The molecule has 0 radical (unpaired) electrons. The second kappa shape index (κ2) is 5.70. The van der Waals surface area contributed by atoms with Crippen molar-refractivity contribution < 1.29 is 23.1 Å². The van der Waals surface area contributed by atoms with Gasteiger partial charge in [-0.15, -0.1) is 0 Å². The number of aliphatic hydroxyl groups excluding tert-OH is 1. The molecule has 1 atom stereocenters. The van der Waals surface area contributed by atoms with E-state index in [1.165, 1.54) is 23.1 Å². The zero-order valence-corrected chi connectivity index (χ0v) is 10.7. The molecule has 1 aliphatic heterocycles. The van der Waals surface area contributed by atoms with E-state index < -0.39 is 17.8 Å². The Bertz CT molecular complexity index is 491. The molecule has 110 valence electrons. The summed E-state index contributed by atoms with van der Waals surface area (Å²) in [7, 11) is 0. The fourth-order valence-electron chi connectivity index (χ4n) is 2.32. The Balaban J connectivity index is 2.16. The van der Waals surface area contributed by atoms with Gasteiger partial charge in [-0.25, -0.2) is 4.79 Å². The zero-order valence-electron chi connectivity index (χ0n) is 10.7. The summed E-state index contributed by atoms with van der Waals surface area (Å²) in [4.78, 5) is 13.4. The van der Waals surface area contributed by atoms with Crippen molar-refractivity contribution in [2.45, 2.75) is 25.1 Å². The molecule has 1 heterocycles. The van der Waals surface area contributed by atoms with Gasteiger partial charge in [-0.2, -0.15) is 13.2 Å². The van der Waals surface area contributed by atoms with Crippen molar-refractivity contribution in [2.24, 2.45) is 0 Å². The molecular formula is C13H15F3N2O2. The van der Waals surface area contributed by atoms with E-state index in [0.717, 1.165) is 12.5 Å². The quantitative estimate of drug-likeness (QED) is 0.879. The molecule has 1 fully saturated rings. The maximum absolute atomic E-state index is 12.8. The van der Waals surface area contributed by atoms with Gasteiger partial charge in [-0.3, -0.25) is 0 Å². The molecule has 1 aliphatic rings. The minimum Gasteiger partial charge on any atom is -0.394 e. The molecule has 2 amide bonds. The lowest BCUT2D eigenvalue weighted by molar-refractivity contribution is -0.136. The summed E-state index contributed by atoms with van der Waals surface area (Å²) in [6.07, 6.45) is -3.13. The van der Waals surface area contributed by atoms with Crippen LogP contribution in [-0.4, -0.2) is 35.2 Å². The van der Waals surface area contributed by atoms with Crippen LogP contribution in [0.3, 0.4) is 0 Å². The van der Waals surface area contributed by atoms with Crippen LogP contribution < -0.4 is 5.32 Å². The highest BCUT2D eigenvalue weighted by atomic mass is 19.4. The molecule has 1 aromatic rings. The van der Waals surface area contributed by atoms with Gasteiger partial charge in [-0.05, 0) is 25.0 Å². The zero-order chi connectivity index (χ0) is 14.8. The molecule has 4 nitrogen and oxygen atoms in total. The molecular weight excluding hydrogens is 273 g/mol. The summed E-state index contributed by atoms with van der Waals surface area (Å²) >= 11 is 0. The predicted octanol–water partition coefficient (Wildman–Crippen LogP) is 2.69. The van der Waals surface area contributed by atoms with E-state index in [-0.39, 0.29) is 18.3 Å². The summed E-state index contributed by atoms with van der Waals surface area (Å²) in [6.45, 7) is 0.250. The maximum Gasteiger partial charge on any atom is 0.418 e. The Morgan fingerprint density at radius 2 is 2.10 bits per heavy atom. The lowest BCUT2D eigenvalue weighted by Crippen LogP contribution is -2.40. The summed E-state index contributed by atoms with van der Waals surface area (Å²) in [6, 6.07) is 3.89. The van der Waals surface area contributed by atoms with Crippen LogP contribution in [0.25, 0.3) is 0 Å². The number of nitrogens with one attached hydrogen (secondary N) is 1. The highest BCUT2D eigenvalue weighted by Crippen LogP contribution is 2.34. The van der Waals surface area contributed by atoms with Crippen LogP contribution in [0.1, 0.15) is 18.4 Å². The molecule has 1 saturated heterocycles. The number of carbonyl (C=O) groups is 1. The Labute approximate surface area is 114 Å². The molecule has 0 aliphatic carbocycles. The number of anilines is 1. The monoisotopic (exact) mass is 288 g/mol. The number of hydrogen-bond acceptors (Lipinski definition) is 2. The molecule has 0 spiro atoms. The van der Waals surface area contributed by atoms with Crippen molar-refractivity contribution in [1.29, 1.82) is 0 Å². The third kappa shape index (κ3) is 3.04. The summed E-state index contributed by atoms with van der Waals surface area (Å²) in [5.41, 5.74) is -1.15. The minimum atomic E-state index is -4.52. The van der Waals surface area contributed by atoms with Crippen molar-refractivity contribution in [3.63, 3.8) is 0 Å². The van der Waals surface area contributed by atoms with Gasteiger partial charge in [0.05, 0.1) is 23.9 Å². The molecule has 2 N–H and O–H groups in total. The van der Waals surface area contributed by atoms with Gasteiger partial charge >= 0.3 is 12.2 Å². The van der Waals surface area contributed by atoms with E-state index in [1.807, 2.05) is 0 Å². The number of carbonyl (C=O) groups excluding carboxylic acids is 1. The van der Waals surface area contributed by atoms with Gasteiger partial charge < -0.3 is 15.3 Å². The van der Waals surface area contributed by atoms with E-state index in [1.54, 1.807) is 0 Å². The van der Waals surface area contributed by atoms with Gasteiger partial charge in [-0.1, -0.05) is 12.1 Å². The van der Waals surface area contributed by atoms with E-state index in [4.69, 9.17) is 5.11 Å². The average molecular weight is 288 g/mol. The molecule has 1 aromatic carbocycles. The minimum absolute atomic E-state index is 0.186. The highest BCUT2D eigenvalue weighted by molar-refractivity contribution is 5.90. The number of para-hydroxylation sites is 1. The predicted molar refractivity (Wildman–Crippen MR) is 67.3 cm³/mol. The Kier molecular flexibility index (Phi) is 4.17. The average Bonchev–Trinajstić information content (AvgIpc) is 2.86. The normalized spacial score (nSPS) is 19.2. The van der Waals surface area contributed by atoms with Gasteiger partial charge in [0.15, 0.2) is 0 Å². The fraction of sp³-hybridized carbons (Fsp3) is 0.462. The van der Waals surface area contributed by atoms with Gasteiger partial charge in [0.1, 0.15) is 0 Å². The summed E-state index contributed by atoms with van der Waals surface area (Å²) in [5, 5.41) is 11.4. The van der Waals surface area contributed by atoms with E-state index in [9.17, 15) is 18.0 Å². The number of alkyl halides is 3. The molecule has 2 rings (SSSR count). The number of rotatable bonds is 2. The van der Waals surface area contributed by atoms with Crippen LogP contribution in [-0.2, 0) is 6.18 Å². The van der Waals surface area contributed by atoms with Crippen LogP contribution in [0.15, 0.2) is 24.3 Å². The number of likely N-dealkylation sites (tertiary alicyclic amines) is 1. The second-order valence-corrected chi connectivity index (χ2v) is 4.65. The van der Waals surface area contributed by atoms with Crippen molar-refractivity contribution in [3.05, 3.63) is 29.8 Å². The number of hydrogen-bond donors (Lipinski definition) is 2. The van der Waals surface area contributed by atoms with Gasteiger partial charge in [0, 0.05) is 6.54 Å². The summed E-state index contributed by atoms with van der Waals surface area (Å²) in [5.74, 6) is 0. The van der Waals surface area contributed by atoms with E-state index in [2.05, 4.69) is 5.32 Å². The molecule has 0 bridgehead atoms. The van der Waals surface area contributed by atoms with Crippen LogP contribution in [0.2, 0.25) is 0 Å². The van der Waals surface area contributed by atoms with E-state index >= 15 is 0 Å². The lowest BCUT2D eigenvalue weighted by atomic mass is 10.1. The molecule has 20 heavy (non-hydrogen) atoms. The molecule has 0 aromatic heterocycles. The van der Waals surface area contributed by atoms with Crippen molar-refractivity contribution in [1.82, 2.24) is 4.90 Å². The standard InChI is InChI=1S/C13H15F3N2O2/c14-13(15,16)10-5-1-2-6-11(10)17-12(20)18-7-3-4-9(18)8-19/h1-2,5-6,9,19H,3-4,7-8H2,(H,17,20). The number of benzene rings is 1.